The molecule has 2 aromatic carbocycles. The van der Waals surface area contributed by atoms with Crippen molar-refractivity contribution in [1.82, 2.24) is 0 Å². The molecule has 0 bridgehead atoms. The highest BCUT2D eigenvalue weighted by atomic mass is 32.2. The number of anilines is 1. The zero-order chi connectivity index (χ0) is 17.5. The Morgan fingerprint density at radius 2 is 1.96 bits per heavy atom. The molecule has 8 heteroatoms. The van der Waals surface area contributed by atoms with E-state index < -0.39 is 17.7 Å². The molecule has 0 fully saturated rings. The van der Waals surface area contributed by atoms with Crippen molar-refractivity contribution >= 4 is 23.6 Å². The number of alkyl halides is 3. The SMILES string of the molecule is COc1ccc2c(c1)SN(CC(=O)O)c1ccc(C(F)(F)F)cc1-2. The number of methoxy groups -OCH3 is 1. The minimum absolute atomic E-state index is 0.334. The summed E-state index contributed by atoms with van der Waals surface area (Å²) >= 11 is 1.16. The summed E-state index contributed by atoms with van der Waals surface area (Å²) in [6, 6.07) is 8.34. The fourth-order valence-electron chi connectivity index (χ4n) is 2.48. The molecule has 0 spiro atoms. The van der Waals surface area contributed by atoms with Gasteiger partial charge in [-0.3, -0.25) is 4.79 Å². The second-order valence-corrected chi connectivity index (χ2v) is 6.18. The molecular formula is C16H12F3NO3S. The standard InChI is InChI=1S/C16H12F3NO3S/c1-23-10-3-4-11-12-6-9(16(17,18)19)2-5-13(12)20(8-15(21)22)24-14(11)7-10/h2-7H,8H2,1H3,(H,21,22). The number of benzene rings is 2. The number of carbonyl (C=O) groups is 1. The van der Waals surface area contributed by atoms with E-state index in [4.69, 9.17) is 9.84 Å². The third-order valence-electron chi connectivity index (χ3n) is 3.56. The van der Waals surface area contributed by atoms with Gasteiger partial charge in [0.25, 0.3) is 0 Å². The van der Waals surface area contributed by atoms with Crippen molar-refractivity contribution in [3.8, 4) is 16.9 Å². The van der Waals surface area contributed by atoms with Crippen molar-refractivity contribution in [3.05, 3.63) is 42.0 Å². The third-order valence-corrected chi connectivity index (χ3v) is 4.64. The fourth-order valence-corrected chi connectivity index (χ4v) is 3.60. The Labute approximate surface area is 140 Å². The van der Waals surface area contributed by atoms with Crippen molar-refractivity contribution in [2.24, 2.45) is 0 Å². The maximum atomic E-state index is 13.0. The molecule has 0 aliphatic carbocycles. The molecule has 0 saturated carbocycles. The number of hydrogen-bond acceptors (Lipinski definition) is 4. The van der Waals surface area contributed by atoms with Crippen LogP contribution in [0, 0.1) is 0 Å². The lowest BCUT2D eigenvalue weighted by molar-refractivity contribution is -0.137. The quantitative estimate of drug-likeness (QED) is 0.833. The minimum atomic E-state index is -4.47. The largest absolute Gasteiger partial charge is 0.497 e. The zero-order valence-corrected chi connectivity index (χ0v) is 13.2. The second kappa shape index (κ2) is 5.94. The van der Waals surface area contributed by atoms with Crippen LogP contribution in [-0.4, -0.2) is 24.7 Å². The first-order valence-electron chi connectivity index (χ1n) is 6.86. The van der Waals surface area contributed by atoms with E-state index in [0.717, 1.165) is 24.1 Å². The number of carboxylic acids is 1. The highest BCUT2D eigenvalue weighted by molar-refractivity contribution is 8.01. The number of aliphatic carboxylic acids is 1. The van der Waals surface area contributed by atoms with Crippen LogP contribution < -0.4 is 9.04 Å². The molecule has 1 N–H and O–H groups in total. The van der Waals surface area contributed by atoms with Gasteiger partial charge in [0.1, 0.15) is 12.3 Å². The van der Waals surface area contributed by atoms with Gasteiger partial charge in [-0.05, 0) is 53.9 Å². The normalized spacial score (nSPS) is 13.2. The summed E-state index contributed by atoms with van der Waals surface area (Å²) in [7, 11) is 1.49. The average Bonchev–Trinajstić information content (AvgIpc) is 2.52. The Kier molecular flexibility index (Phi) is 4.08. The summed E-state index contributed by atoms with van der Waals surface area (Å²) in [5.41, 5.74) is 0.629. The molecule has 24 heavy (non-hydrogen) atoms. The number of nitrogens with zero attached hydrogens (tertiary/aromatic N) is 1. The minimum Gasteiger partial charge on any atom is -0.497 e. The van der Waals surface area contributed by atoms with Gasteiger partial charge in [-0.1, -0.05) is 0 Å². The van der Waals surface area contributed by atoms with Gasteiger partial charge in [-0.2, -0.15) is 13.2 Å². The summed E-state index contributed by atoms with van der Waals surface area (Å²) in [4.78, 5) is 11.7. The number of hydrogen-bond donors (Lipinski definition) is 1. The average molecular weight is 355 g/mol. The van der Waals surface area contributed by atoms with Gasteiger partial charge in [-0.25, -0.2) is 0 Å². The number of ether oxygens (including phenoxy) is 1. The smallest absolute Gasteiger partial charge is 0.416 e. The van der Waals surface area contributed by atoms with Crippen LogP contribution in [0.3, 0.4) is 0 Å². The van der Waals surface area contributed by atoms with E-state index in [1.165, 1.54) is 17.5 Å². The fraction of sp³-hybridized carbons (Fsp3) is 0.188. The van der Waals surface area contributed by atoms with Gasteiger partial charge < -0.3 is 14.1 Å². The van der Waals surface area contributed by atoms with Crippen LogP contribution >= 0.6 is 11.9 Å². The molecule has 126 valence electrons. The molecule has 0 unspecified atom stereocenters. The number of rotatable bonds is 3. The van der Waals surface area contributed by atoms with E-state index >= 15 is 0 Å². The molecule has 3 rings (SSSR count). The predicted octanol–water partition coefficient (Wildman–Crippen LogP) is 4.29. The Morgan fingerprint density at radius 3 is 2.58 bits per heavy atom. The van der Waals surface area contributed by atoms with Crippen LogP contribution in [0.1, 0.15) is 5.56 Å². The highest BCUT2D eigenvalue weighted by Gasteiger charge is 2.33. The van der Waals surface area contributed by atoms with Gasteiger partial charge in [-0.15, -0.1) is 0 Å². The Bertz CT molecular complexity index is 808. The molecule has 1 aliphatic heterocycles. The first-order valence-corrected chi connectivity index (χ1v) is 7.64. The molecule has 2 aromatic rings. The van der Waals surface area contributed by atoms with Crippen molar-refractivity contribution in [1.29, 1.82) is 0 Å². The van der Waals surface area contributed by atoms with E-state index in [-0.39, 0.29) is 6.54 Å². The molecule has 1 aliphatic rings. The van der Waals surface area contributed by atoms with Crippen molar-refractivity contribution in [3.63, 3.8) is 0 Å². The van der Waals surface area contributed by atoms with Crippen LogP contribution in [0.5, 0.6) is 5.75 Å². The van der Waals surface area contributed by atoms with Crippen molar-refractivity contribution in [2.45, 2.75) is 11.1 Å². The molecule has 0 saturated heterocycles. The maximum Gasteiger partial charge on any atom is 0.416 e. The summed E-state index contributed by atoms with van der Waals surface area (Å²) in [6.07, 6.45) is -4.47. The molecule has 0 aromatic heterocycles. The lowest BCUT2D eigenvalue weighted by atomic mass is 10.00. The van der Waals surface area contributed by atoms with Gasteiger partial charge in [0.2, 0.25) is 0 Å². The second-order valence-electron chi connectivity index (χ2n) is 5.11. The van der Waals surface area contributed by atoms with Gasteiger partial charge >= 0.3 is 12.1 Å². The molecule has 0 amide bonds. The van der Waals surface area contributed by atoms with E-state index in [1.807, 2.05) is 0 Å². The number of fused-ring (bicyclic) bond motifs is 3. The maximum absolute atomic E-state index is 13.0. The lowest BCUT2D eigenvalue weighted by Gasteiger charge is -2.31. The number of halogens is 3. The van der Waals surface area contributed by atoms with E-state index in [2.05, 4.69) is 0 Å². The molecule has 0 atom stereocenters. The van der Waals surface area contributed by atoms with E-state index in [9.17, 15) is 18.0 Å². The third kappa shape index (κ3) is 3.01. The Balaban J connectivity index is 2.18. The van der Waals surface area contributed by atoms with E-state index in [1.54, 1.807) is 18.2 Å². The van der Waals surface area contributed by atoms with Crippen LogP contribution in [0.25, 0.3) is 11.1 Å². The molecular weight excluding hydrogens is 343 g/mol. The van der Waals surface area contributed by atoms with Crippen molar-refractivity contribution < 1.29 is 27.8 Å². The van der Waals surface area contributed by atoms with Crippen LogP contribution in [0.15, 0.2) is 41.3 Å². The van der Waals surface area contributed by atoms with Crippen LogP contribution in [-0.2, 0) is 11.0 Å². The highest BCUT2D eigenvalue weighted by Crippen LogP contribution is 2.48. The summed E-state index contributed by atoms with van der Waals surface area (Å²) in [5, 5.41) is 9.06. The Morgan fingerprint density at radius 1 is 1.21 bits per heavy atom. The van der Waals surface area contributed by atoms with Crippen molar-refractivity contribution in [2.75, 3.05) is 18.0 Å². The lowest BCUT2D eigenvalue weighted by Crippen LogP contribution is -2.25. The molecule has 1 heterocycles. The van der Waals surface area contributed by atoms with Gasteiger partial charge in [0.15, 0.2) is 0 Å². The first-order chi connectivity index (χ1) is 11.3. The van der Waals surface area contributed by atoms with Gasteiger partial charge in [0.05, 0.1) is 18.4 Å². The topological polar surface area (TPSA) is 49.8 Å². The number of carboxylic acid groups (broad SMARTS) is 1. The summed E-state index contributed by atoms with van der Waals surface area (Å²) in [5.74, 6) is -0.522. The monoisotopic (exact) mass is 355 g/mol. The summed E-state index contributed by atoms with van der Waals surface area (Å²) < 4.78 is 45.7. The van der Waals surface area contributed by atoms with Crippen LogP contribution in [0.4, 0.5) is 18.9 Å². The zero-order valence-electron chi connectivity index (χ0n) is 12.4. The Hall–Kier alpha value is -2.35. The molecule has 4 nitrogen and oxygen atoms in total. The predicted molar refractivity (Wildman–Crippen MR) is 84.3 cm³/mol. The van der Waals surface area contributed by atoms with E-state index in [0.29, 0.717) is 27.5 Å². The summed E-state index contributed by atoms with van der Waals surface area (Å²) in [6.45, 7) is -0.334. The van der Waals surface area contributed by atoms with Crippen LogP contribution in [0.2, 0.25) is 0 Å². The van der Waals surface area contributed by atoms with Gasteiger partial charge in [0, 0.05) is 10.5 Å². The first kappa shape index (κ1) is 16.5. The molecule has 0 radical (unpaired) electrons.